The Kier molecular flexibility index (Phi) is 2.78. The molecular weight excluding hydrogens is 279 g/mol. The molecule has 0 aromatic heterocycles. The zero-order valence-electron chi connectivity index (χ0n) is 5.29. The zero-order valence-corrected chi connectivity index (χ0v) is 9.22. The highest BCUT2D eigenvalue weighted by Crippen LogP contribution is 2.28. The van der Waals surface area contributed by atoms with Gasteiger partial charge >= 0.3 is 0 Å². The van der Waals surface area contributed by atoms with Crippen LogP contribution in [-0.4, -0.2) is 0 Å². The van der Waals surface area contributed by atoms with Crippen LogP contribution < -0.4 is 0 Å². The normalized spacial score (nSPS) is 10.0. The van der Waals surface area contributed by atoms with E-state index in [9.17, 15) is 0 Å². The van der Waals surface area contributed by atoms with E-state index in [0.717, 1.165) is 19.5 Å². The van der Waals surface area contributed by atoms with Crippen molar-refractivity contribution in [3.05, 3.63) is 31.7 Å². The molecule has 0 spiro atoms. The minimum Gasteiger partial charge on any atom is -0.0840 e. The van der Waals surface area contributed by atoms with Crippen LogP contribution in [0.5, 0.6) is 0 Å². The van der Waals surface area contributed by atoms with Gasteiger partial charge in [0.1, 0.15) is 0 Å². The molecule has 0 aliphatic carbocycles. The van der Waals surface area contributed by atoms with Gasteiger partial charge in [0.15, 0.2) is 0 Å². The van der Waals surface area contributed by atoms with E-state index in [-0.39, 0.29) is 0 Å². The van der Waals surface area contributed by atoms with Crippen LogP contribution in [0.3, 0.4) is 0 Å². The summed E-state index contributed by atoms with van der Waals surface area (Å²) >= 11 is 12.6. The van der Waals surface area contributed by atoms with Crippen LogP contribution in [0.2, 0.25) is 5.02 Å². The van der Waals surface area contributed by atoms with Crippen molar-refractivity contribution in [1.82, 2.24) is 0 Å². The van der Waals surface area contributed by atoms with E-state index in [4.69, 9.17) is 11.6 Å². The fourth-order valence-corrected chi connectivity index (χ4v) is 2.30. The average Bonchev–Trinajstić information content (AvgIpc) is 1.82. The predicted octanol–water partition coefficient (Wildman–Crippen LogP) is 4.17. The molecule has 0 amide bonds. The SMILES string of the molecule is Cc1c(Cl)cc(Br)cc1Br. The lowest BCUT2D eigenvalue weighted by molar-refractivity contribution is 1.42. The molecule has 0 atom stereocenters. The van der Waals surface area contributed by atoms with E-state index in [1.165, 1.54) is 0 Å². The van der Waals surface area contributed by atoms with E-state index in [1.54, 1.807) is 0 Å². The quantitative estimate of drug-likeness (QED) is 0.670. The van der Waals surface area contributed by atoms with Crippen LogP contribution in [0.1, 0.15) is 5.56 Å². The summed E-state index contributed by atoms with van der Waals surface area (Å²) in [5.74, 6) is 0. The first-order valence-electron chi connectivity index (χ1n) is 2.72. The molecule has 0 nitrogen and oxygen atoms in total. The molecule has 0 fully saturated rings. The second kappa shape index (κ2) is 3.24. The molecule has 0 heterocycles. The highest BCUT2D eigenvalue weighted by molar-refractivity contribution is 9.11. The van der Waals surface area contributed by atoms with Gasteiger partial charge in [0.2, 0.25) is 0 Å². The molecule has 0 bridgehead atoms. The molecule has 1 aromatic rings. The van der Waals surface area contributed by atoms with Gasteiger partial charge in [-0.05, 0) is 24.6 Å². The standard InChI is InChI=1S/C7H5Br2Cl/c1-4-6(9)2-5(8)3-7(4)10/h2-3H,1H3. The molecule has 0 saturated carbocycles. The molecular formula is C7H5Br2Cl. The highest BCUT2D eigenvalue weighted by atomic mass is 79.9. The Morgan fingerprint density at radius 3 is 2.40 bits per heavy atom. The Labute approximate surface area is 81.8 Å². The lowest BCUT2D eigenvalue weighted by atomic mass is 10.2. The van der Waals surface area contributed by atoms with E-state index < -0.39 is 0 Å². The van der Waals surface area contributed by atoms with Crippen LogP contribution in [0.25, 0.3) is 0 Å². The zero-order chi connectivity index (χ0) is 7.72. The topological polar surface area (TPSA) is 0 Å². The van der Waals surface area contributed by atoms with Gasteiger partial charge in [-0.2, -0.15) is 0 Å². The summed E-state index contributed by atoms with van der Waals surface area (Å²) in [5, 5.41) is 0.779. The summed E-state index contributed by atoms with van der Waals surface area (Å²) in [6.07, 6.45) is 0. The first-order chi connectivity index (χ1) is 4.61. The summed E-state index contributed by atoms with van der Waals surface area (Å²) in [7, 11) is 0. The van der Waals surface area contributed by atoms with E-state index in [1.807, 2.05) is 19.1 Å². The van der Waals surface area contributed by atoms with E-state index >= 15 is 0 Å². The third kappa shape index (κ3) is 1.74. The maximum Gasteiger partial charge on any atom is 0.0457 e. The molecule has 0 N–H and O–H groups in total. The third-order valence-electron chi connectivity index (χ3n) is 1.25. The lowest BCUT2D eigenvalue weighted by Crippen LogP contribution is -1.77. The molecule has 0 radical (unpaired) electrons. The number of hydrogen-bond acceptors (Lipinski definition) is 0. The molecule has 0 aliphatic rings. The van der Waals surface area contributed by atoms with Crippen LogP contribution in [0, 0.1) is 6.92 Å². The summed E-state index contributed by atoms with van der Waals surface area (Å²) in [6.45, 7) is 1.97. The Bertz CT molecular complexity index is 235. The van der Waals surface area contributed by atoms with Crippen molar-refractivity contribution in [1.29, 1.82) is 0 Å². The second-order valence-corrected chi connectivity index (χ2v) is 4.17. The lowest BCUT2D eigenvalue weighted by Gasteiger charge is -2.00. The van der Waals surface area contributed by atoms with Crippen molar-refractivity contribution in [3.63, 3.8) is 0 Å². The highest BCUT2D eigenvalue weighted by Gasteiger charge is 2.00. The molecule has 3 heteroatoms. The fraction of sp³-hybridized carbons (Fsp3) is 0.143. The van der Waals surface area contributed by atoms with Gasteiger partial charge in [-0.3, -0.25) is 0 Å². The number of hydrogen-bond donors (Lipinski definition) is 0. The summed E-state index contributed by atoms with van der Waals surface area (Å²) in [4.78, 5) is 0. The van der Waals surface area contributed by atoms with Crippen molar-refractivity contribution < 1.29 is 0 Å². The molecule has 0 aliphatic heterocycles. The van der Waals surface area contributed by atoms with Gasteiger partial charge < -0.3 is 0 Å². The van der Waals surface area contributed by atoms with Crippen molar-refractivity contribution >= 4 is 43.5 Å². The Morgan fingerprint density at radius 1 is 1.30 bits per heavy atom. The van der Waals surface area contributed by atoms with Crippen LogP contribution in [0.15, 0.2) is 21.1 Å². The first kappa shape index (κ1) is 8.57. The molecule has 0 unspecified atom stereocenters. The van der Waals surface area contributed by atoms with E-state index in [2.05, 4.69) is 31.9 Å². The first-order valence-corrected chi connectivity index (χ1v) is 4.69. The van der Waals surface area contributed by atoms with Crippen molar-refractivity contribution in [3.8, 4) is 0 Å². The van der Waals surface area contributed by atoms with Crippen LogP contribution in [0.4, 0.5) is 0 Å². The summed E-state index contributed by atoms with van der Waals surface area (Å²) in [5.41, 5.74) is 1.07. The van der Waals surface area contributed by atoms with Crippen molar-refractivity contribution in [2.75, 3.05) is 0 Å². The Hall–Kier alpha value is 0.470. The number of benzene rings is 1. The predicted molar refractivity (Wildman–Crippen MR) is 51.6 cm³/mol. The van der Waals surface area contributed by atoms with Crippen molar-refractivity contribution in [2.45, 2.75) is 6.92 Å². The molecule has 1 rings (SSSR count). The van der Waals surface area contributed by atoms with E-state index in [0.29, 0.717) is 0 Å². The minimum absolute atomic E-state index is 0.779. The minimum atomic E-state index is 0.779. The Morgan fingerprint density at radius 2 is 1.90 bits per heavy atom. The smallest absolute Gasteiger partial charge is 0.0457 e. The maximum absolute atomic E-state index is 5.86. The molecule has 10 heavy (non-hydrogen) atoms. The van der Waals surface area contributed by atoms with Gasteiger partial charge in [-0.25, -0.2) is 0 Å². The van der Waals surface area contributed by atoms with Crippen LogP contribution in [-0.2, 0) is 0 Å². The molecule has 0 saturated heterocycles. The third-order valence-corrected chi connectivity index (χ3v) is 2.92. The summed E-state index contributed by atoms with van der Waals surface area (Å²) < 4.78 is 2.03. The monoisotopic (exact) mass is 282 g/mol. The number of rotatable bonds is 0. The maximum atomic E-state index is 5.86. The Balaban J connectivity index is 3.31. The largest absolute Gasteiger partial charge is 0.0840 e. The van der Waals surface area contributed by atoms with Gasteiger partial charge in [0, 0.05) is 14.0 Å². The molecule has 1 aromatic carbocycles. The van der Waals surface area contributed by atoms with Crippen LogP contribution >= 0.6 is 43.5 Å². The number of halogens is 3. The average molecular weight is 284 g/mol. The van der Waals surface area contributed by atoms with Crippen molar-refractivity contribution in [2.24, 2.45) is 0 Å². The molecule has 54 valence electrons. The van der Waals surface area contributed by atoms with Gasteiger partial charge in [-0.15, -0.1) is 0 Å². The van der Waals surface area contributed by atoms with Gasteiger partial charge in [0.25, 0.3) is 0 Å². The summed E-state index contributed by atoms with van der Waals surface area (Å²) in [6, 6.07) is 3.85. The second-order valence-electron chi connectivity index (χ2n) is 1.99. The van der Waals surface area contributed by atoms with Gasteiger partial charge in [-0.1, -0.05) is 43.5 Å². The fourth-order valence-electron chi connectivity index (χ4n) is 0.614. The van der Waals surface area contributed by atoms with Gasteiger partial charge in [0.05, 0.1) is 0 Å².